The van der Waals surface area contributed by atoms with E-state index in [0.29, 0.717) is 17.3 Å². The predicted molar refractivity (Wildman–Crippen MR) is 106 cm³/mol. The molecular weight excluding hydrogens is 396 g/mol. The van der Waals surface area contributed by atoms with Gasteiger partial charge in [-0.15, -0.1) is 11.8 Å². The molecule has 1 atom stereocenters. The molecule has 1 aromatic carbocycles. The summed E-state index contributed by atoms with van der Waals surface area (Å²) >= 11 is 1.46. The van der Waals surface area contributed by atoms with E-state index in [-0.39, 0.29) is 12.2 Å². The lowest BCUT2D eigenvalue weighted by Gasteiger charge is -2.15. The summed E-state index contributed by atoms with van der Waals surface area (Å²) in [5.74, 6) is -0.0206. The Hall–Kier alpha value is -3.13. The Balaban J connectivity index is 1.88. The average molecular weight is 416 g/mol. The molecule has 3 aromatic rings. The Morgan fingerprint density at radius 1 is 1.21 bits per heavy atom. The van der Waals surface area contributed by atoms with E-state index in [2.05, 4.69) is 0 Å². The Kier molecular flexibility index (Phi) is 6.66. The van der Waals surface area contributed by atoms with Crippen molar-refractivity contribution in [2.45, 2.75) is 23.0 Å². The zero-order valence-electron chi connectivity index (χ0n) is 15.9. The molecule has 0 amide bonds. The van der Waals surface area contributed by atoms with Crippen molar-refractivity contribution in [3.8, 4) is 11.5 Å². The first-order valence-corrected chi connectivity index (χ1v) is 9.73. The Morgan fingerprint density at radius 3 is 2.59 bits per heavy atom. The fraction of sp³-hybridized carbons (Fsp3) is 0.238. The summed E-state index contributed by atoms with van der Waals surface area (Å²) in [4.78, 5) is 25.1. The van der Waals surface area contributed by atoms with Crippen molar-refractivity contribution in [1.29, 1.82) is 0 Å². The molecule has 8 heteroatoms. The Morgan fingerprint density at radius 2 is 1.97 bits per heavy atom. The van der Waals surface area contributed by atoms with Gasteiger partial charge in [0.2, 0.25) is 11.2 Å². The molecule has 2 heterocycles. The van der Waals surface area contributed by atoms with E-state index in [4.69, 9.17) is 18.3 Å². The highest BCUT2D eigenvalue weighted by Crippen LogP contribution is 2.34. The molecule has 29 heavy (non-hydrogen) atoms. The second-order valence-electron chi connectivity index (χ2n) is 6.10. The molecular formula is C21H20O7S. The molecule has 0 fully saturated rings. The van der Waals surface area contributed by atoms with E-state index in [1.54, 1.807) is 19.2 Å². The Bertz CT molecular complexity index is 1010. The van der Waals surface area contributed by atoms with E-state index < -0.39 is 23.1 Å². The zero-order valence-corrected chi connectivity index (χ0v) is 16.7. The number of furan rings is 1. The quantitative estimate of drug-likeness (QED) is 0.436. The van der Waals surface area contributed by atoms with Gasteiger partial charge in [-0.1, -0.05) is 0 Å². The van der Waals surface area contributed by atoms with Crippen LogP contribution in [0.25, 0.3) is 0 Å². The lowest BCUT2D eigenvalue weighted by atomic mass is 9.98. The number of benzene rings is 1. The second-order valence-corrected chi connectivity index (χ2v) is 7.15. The van der Waals surface area contributed by atoms with Crippen molar-refractivity contribution < 1.29 is 28.2 Å². The number of hydrogen-bond donors (Lipinski definition) is 1. The number of carbonyl (C=O) groups excluding carboxylic acids is 1. The maximum absolute atomic E-state index is 12.3. The van der Waals surface area contributed by atoms with Crippen LogP contribution in [0, 0.1) is 0 Å². The molecule has 152 valence electrons. The molecule has 0 spiro atoms. The molecule has 0 bridgehead atoms. The first kappa shape index (κ1) is 20.6. The highest BCUT2D eigenvalue weighted by molar-refractivity contribution is 7.98. The van der Waals surface area contributed by atoms with Crippen LogP contribution >= 0.6 is 11.8 Å². The van der Waals surface area contributed by atoms with Crippen molar-refractivity contribution in [3.63, 3.8) is 0 Å². The lowest BCUT2D eigenvalue weighted by Crippen LogP contribution is -2.13. The van der Waals surface area contributed by atoms with Crippen LogP contribution in [0.5, 0.6) is 11.5 Å². The fourth-order valence-electron chi connectivity index (χ4n) is 2.75. The van der Waals surface area contributed by atoms with E-state index >= 15 is 0 Å². The van der Waals surface area contributed by atoms with Crippen LogP contribution in [-0.2, 0) is 15.3 Å². The van der Waals surface area contributed by atoms with E-state index in [0.717, 1.165) is 10.6 Å². The van der Waals surface area contributed by atoms with Gasteiger partial charge in [0, 0.05) is 11.0 Å². The first-order valence-electron chi connectivity index (χ1n) is 8.74. The summed E-state index contributed by atoms with van der Waals surface area (Å²) < 4.78 is 21.1. The average Bonchev–Trinajstić information content (AvgIpc) is 3.27. The minimum atomic E-state index is -0.781. The summed E-state index contributed by atoms with van der Waals surface area (Å²) in [7, 11) is 2.86. The lowest BCUT2D eigenvalue weighted by molar-refractivity contribution is -0.141. The molecule has 0 aliphatic rings. The van der Waals surface area contributed by atoms with Gasteiger partial charge in [0.15, 0.2) is 5.76 Å². The van der Waals surface area contributed by atoms with E-state index in [1.165, 1.54) is 31.2 Å². The third-order valence-corrected chi connectivity index (χ3v) is 5.28. The topological polar surface area (TPSA) is 99.1 Å². The summed E-state index contributed by atoms with van der Waals surface area (Å²) in [5.41, 5.74) is -0.585. The van der Waals surface area contributed by atoms with Crippen LogP contribution in [0.1, 0.15) is 29.6 Å². The van der Waals surface area contributed by atoms with Crippen molar-refractivity contribution in [2.75, 3.05) is 14.2 Å². The van der Waals surface area contributed by atoms with Gasteiger partial charge >= 0.3 is 5.97 Å². The SMILES string of the molecule is COC(=O)CC(c1ccco1)c1oc(CSc2ccc(OC)cc2)cc(=O)c1O. The second kappa shape index (κ2) is 9.38. The molecule has 0 saturated heterocycles. The van der Waals surface area contributed by atoms with Crippen LogP contribution < -0.4 is 10.2 Å². The third-order valence-electron chi connectivity index (χ3n) is 4.24. The van der Waals surface area contributed by atoms with E-state index in [1.807, 2.05) is 24.3 Å². The molecule has 1 unspecified atom stereocenters. The molecule has 0 aliphatic carbocycles. The largest absolute Gasteiger partial charge is 0.502 e. The highest BCUT2D eigenvalue weighted by atomic mass is 32.2. The monoisotopic (exact) mass is 416 g/mol. The molecule has 3 rings (SSSR count). The summed E-state index contributed by atoms with van der Waals surface area (Å²) in [6.07, 6.45) is 1.30. The minimum Gasteiger partial charge on any atom is -0.502 e. The molecule has 0 aliphatic heterocycles. The van der Waals surface area contributed by atoms with Gasteiger partial charge < -0.3 is 23.4 Å². The number of thioether (sulfide) groups is 1. The zero-order chi connectivity index (χ0) is 20.8. The third kappa shape index (κ3) is 5.03. The highest BCUT2D eigenvalue weighted by Gasteiger charge is 2.28. The molecule has 1 N–H and O–H groups in total. The standard InChI is InChI=1S/C21H20O7S/c1-25-13-5-7-15(8-6-13)29-12-14-10-17(22)20(24)21(28-14)16(11-19(23)26-2)18-4-3-9-27-18/h3-10,16,24H,11-12H2,1-2H3. The normalized spacial score (nSPS) is 11.8. The van der Waals surface area contributed by atoms with Gasteiger partial charge in [0.25, 0.3) is 0 Å². The van der Waals surface area contributed by atoms with Crippen LogP contribution in [0.4, 0.5) is 0 Å². The van der Waals surface area contributed by atoms with Crippen LogP contribution in [0.3, 0.4) is 0 Å². The van der Waals surface area contributed by atoms with Gasteiger partial charge in [0.1, 0.15) is 17.3 Å². The Labute approximate surface area is 171 Å². The molecule has 7 nitrogen and oxygen atoms in total. The van der Waals surface area contributed by atoms with Gasteiger partial charge in [-0.25, -0.2) is 0 Å². The van der Waals surface area contributed by atoms with E-state index in [9.17, 15) is 14.7 Å². The predicted octanol–water partition coefficient (Wildman–Crippen LogP) is 3.93. The number of aromatic hydroxyl groups is 1. The number of hydrogen-bond acceptors (Lipinski definition) is 8. The first-order chi connectivity index (χ1) is 14.0. The van der Waals surface area contributed by atoms with Crippen molar-refractivity contribution in [1.82, 2.24) is 0 Å². The van der Waals surface area contributed by atoms with Gasteiger partial charge in [-0.2, -0.15) is 0 Å². The molecule has 2 aromatic heterocycles. The summed E-state index contributed by atoms with van der Waals surface area (Å²) in [5, 5.41) is 10.3. The van der Waals surface area contributed by atoms with Gasteiger partial charge in [-0.05, 0) is 36.4 Å². The molecule has 0 saturated carbocycles. The number of rotatable bonds is 8. The van der Waals surface area contributed by atoms with Gasteiger partial charge in [0.05, 0.1) is 38.6 Å². The minimum absolute atomic E-state index is 0.0248. The van der Waals surface area contributed by atoms with Crippen molar-refractivity contribution in [2.24, 2.45) is 0 Å². The summed E-state index contributed by atoms with van der Waals surface area (Å²) in [6, 6.07) is 12.0. The van der Waals surface area contributed by atoms with Crippen LogP contribution in [0.15, 0.2) is 67.3 Å². The fourth-order valence-corrected chi connectivity index (χ4v) is 3.53. The molecule has 0 radical (unpaired) electrons. The number of carbonyl (C=O) groups is 1. The number of ether oxygens (including phenoxy) is 2. The summed E-state index contributed by atoms with van der Waals surface area (Å²) in [6.45, 7) is 0. The maximum atomic E-state index is 12.3. The van der Waals surface area contributed by atoms with Gasteiger partial charge in [-0.3, -0.25) is 9.59 Å². The van der Waals surface area contributed by atoms with Crippen LogP contribution in [0.2, 0.25) is 0 Å². The number of methoxy groups -OCH3 is 2. The maximum Gasteiger partial charge on any atom is 0.306 e. The smallest absolute Gasteiger partial charge is 0.306 e. The van der Waals surface area contributed by atoms with Crippen LogP contribution in [-0.4, -0.2) is 25.3 Å². The number of esters is 1. The van der Waals surface area contributed by atoms with Crippen molar-refractivity contribution >= 4 is 17.7 Å². The van der Waals surface area contributed by atoms with Crippen molar-refractivity contribution in [3.05, 3.63) is 76.2 Å².